The van der Waals surface area contributed by atoms with Crippen molar-refractivity contribution in [2.24, 2.45) is 0 Å². The highest BCUT2D eigenvalue weighted by molar-refractivity contribution is 9.10. The van der Waals surface area contributed by atoms with E-state index in [4.69, 9.17) is 0 Å². The molecule has 5 heteroatoms. The van der Waals surface area contributed by atoms with E-state index in [-0.39, 0.29) is 5.82 Å². The largest absolute Gasteiger partial charge is 0.372 e. The molecule has 0 radical (unpaired) electrons. The van der Waals surface area contributed by atoms with E-state index in [2.05, 4.69) is 31.2 Å². The number of halogens is 2. The highest BCUT2D eigenvalue weighted by Crippen LogP contribution is 2.27. The molecule has 0 unspecified atom stereocenters. The van der Waals surface area contributed by atoms with E-state index in [1.807, 2.05) is 6.92 Å². The van der Waals surface area contributed by atoms with Gasteiger partial charge in [0.05, 0.1) is 10.2 Å². The number of benzene rings is 1. The fourth-order valence-corrected chi connectivity index (χ4v) is 2.31. The quantitative estimate of drug-likeness (QED) is 0.940. The molecule has 2 aromatic rings. The van der Waals surface area contributed by atoms with Gasteiger partial charge in [-0.25, -0.2) is 14.4 Å². The molecule has 0 atom stereocenters. The second-order valence-corrected chi connectivity index (χ2v) is 4.56. The minimum Gasteiger partial charge on any atom is -0.372 e. The first-order valence-corrected chi connectivity index (χ1v) is 6.45. The van der Waals surface area contributed by atoms with Gasteiger partial charge in [-0.1, -0.05) is 19.1 Å². The molecule has 3 nitrogen and oxygen atoms in total. The lowest BCUT2D eigenvalue weighted by Gasteiger charge is -2.10. The van der Waals surface area contributed by atoms with Gasteiger partial charge in [0.15, 0.2) is 5.82 Å². The van der Waals surface area contributed by atoms with Crippen LogP contribution in [0.4, 0.5) is 10.2 Å². The molecular weight excluding hydrogens is 297 g/mol. The number of aromatic nitrogens is 2. The van der Waals surface area contributed by atoms with Gasteiger partial charge in [-0.05, 0) is 34.5 Å². The first-order valence-electron chi connectivity index (χ1n) is 5.65. The summed E-state index contributed by atoms with van der Waals surface area (Å²) >= 11 is 3.46. The average molecular weight is 310 g/mol. The topological polar surface area (TPSA) is 37.8 Å². The van der Waals surface area contributed by atoms with Gasteiger partial charge in [-0.15, -0.1) is 0 Å². The van der Waals surface area contributed by atoms with Gasteiger partial charge in [-0.2, -0.15) is 0 Å². The van der Waals surface area contributed by atoms with Crippen molar-refractivity contribution in [3.05, 3.63) is 40.2 Å². The monoisotopic (exact) mass is 309 g/mol. The zero-order chi connectivity index (χ0) is 13.1. The maximum atomic E-state index is 13.2. The molecule has 0 amide bonds. The van der Waals surface area contributed by atoms with Crippen molar-refractivity contribution in [2.45, 2.75) is 13.3 Å². The molecular formula is C13H13BrFN3. The van der Waals surface area contributed by atoms with E-state index in [0.29, 0.717) is 17.2 Å². The maximum absolute atomic E-state index is 13.2. The van der Waals surface area contributed by atoms with Crippen molar-refractivity contribution in [3.8, 4) is 11.4 Å². The van der Waals surface area contributed by atoms with Gasteiger partial charge in [0.25, 0.3) is 0 Å². The first-order chi connectivity index (χ1) is 8.65. The molecule has 0 aliphatic carbocycles. The van der Waals surface area contributed by atoms with E-state index in [0.717, 1.165) is 16.6 Å². The van der Waals surface area contributed by atoms with Crippen LogP contribution >= 0.6 is 15.9 Å². The fourth-order valence-electron chi connectivity index (χ4n) is 1.65. The summed E-state index contributed by atoms with van der Waals surface area (Å²) in [5.74, 6) is 0.947. The number of hydrogen-bond acceptors (Lipinski definition) is 3. The summed E-state index contributed by atoms with van der Waals surface area (Å²) in [6.07, 6.45) is 0.778. The van der Waals surface area contributed by atoms with Crippen LogP contribution in [0, 0.1) is 5.82 Å². The van der Waals surface area contributed by atoms with Crippen LogP contribution in [0.25, 0.3) is 11.4 Å². The van der Waals surface area contributed by atoms with Crippen LogP contribution in [0.1, 0.15) is 12.6 Å². The van der Waals surface area contributed by atoms with Crippen molar-refractivity contribution < 1.29 is 4.39 Å². The molecule has 1 aromatic heterocycles. The van der Waals surface area contributed by atoms with E-state index in [1.54, 1.807) is 19.2 Å². The number of rotatable bonds is 3. The van der Waals surface area contributed by atoms with Crippen LogP contribution in [-0.2, 0) is 6.42 Å². The molecule has 1 heterocycles. The summed E-state index contributed by atoms with van der Waals surface area (Å²) < 4.78 is 14.1. The molecule has 1 N–H and O–H groups in total. The lowest BCUT2D eigenvalue weighted by Crippen LogP contribution is -2.02. The minimum atomic E-state index is -0.289. The Morgan fingerprint density at radius 3 is 2.72 bits per heavy atom. The van der Waals surface area contributed by atoms with Crippen molar-refractivity contribution in [1.29, 1.82) is 0 Å². The summed E-state index contributed by atoms with van der Waals surface area (Å²) in [6, 6.07) is 6.29. The van der Waals surface area contributed by atoms with Crippen LogP contribution in [0.2, 0.25) is 0 Å². The van der Waals surface area contributed by atoms with Gasteiger partial charge < -0.3 is 5.32 Å². The predicted molar refractivity (Wildman–Crippen MR) is 74.1 cm³/mol. The third-order valence-electron chi connectivity index (χ3n) is 2.57. The fraction of sp³-hybridized carbons (Fsp3) is 0.231. The Balaban J connectivity index is 2.58. The van der Waals surface area contributed by atoms with E-state index < -0.39 is 0 Å². The molecule has 0 aliphatic heterocycles. The van der Waals surface area contributed by atoms with E-state index in [1.165, 1.54) is 12.1 Å². The van der Waals surface area contributed by atoms with Crippen molar-refractivity contribution >= 4 is 21.7 Å². The average Bonchev–Trinajstić information content (AvgIpc) is 2.39. The normalized spacial score (nSPS) is 10.4. The SMILES string of the molecule is CCc1nc(-c2cccc(F)c2)nc(NC)c1Br. The van der Waals surface area contributed by atoms with Crippen molar-refractivity contribution in [2.75, 3.05) is 12.4 Å². The molecule has 0 fully saturated rings. The number of anilines is 1. The van der Waals surface area contributed by atoms with Crippen LogP contribution < -0.4 is 5.32 Å². The van der Waals surface area contributed by atoms with Crippen LogP contribution in [0.3, 0.4) is 0 Å². The lowest BCUT2D eigenvalue weighted by atomic mass is 10.2. The Kier molecular flexibility index (Phi) is 3.91. The summed E-state index contributed by atoms with van der Waals surface area (Å²) in [7, 11) is 1.79. The van der Waals surface area contributed by atoms with Crippen LogP contribution in [-0.4, -0.2) is 17.0 Å². The Bertz CT molecular complexity index is 547. The highest BCUT2D eigenvalue weighted by Gasteiger charge is 2.11. The van der Waals surface area contributed by atoms with E-state index in [9.17, 15) is 4.39 Å². The first kappa shape index (κ1) is 13.0. The number of nitrogens with one attached hydrogen (secondary N) is 1. The summed E-state index contributed by atoms with van der Waals surface area (Å²) in [5, 5.41) is 3.00. The minimum absolute atomic E-state index is 0.289. The molecule has 0 bridgehead atoms. The molecule has 2 rings (SSSR count). The Morgan fingerprint density at radius 2 is 2.11 bits per heavy atom. The number of hydrogen-bond donors (Lipinski definition) is 1. The Labute approximate surface area is 114 Å². The van der Waals surface area contributed by atoms with Crippen molar-refractivity contribution in [3.63, 3.8) is 0 Å². The third kappa shape index (κ3) is 2.51. The van der Waals surface area contributed by atoms with Gasteiger partial charge in [-0.3, -0.25) is 0 Å². The second-order valence-electron chi connectivity index (χ2n) is 3.77. The van der Waals surface area contributed by atoms with Gasteiger partial charge in [0.1, 0.15) is 11.6 Å². The molecule has 0 aliphatic rings. The smallest absolute Gasteiger partial charge is 0.161 e. The second kappa shape index (κ2) is 5.44. The molecule has 94 valence electrons. The van der Waals surface area contributed by atoms with Gasteiger partial charge >= 0.3 is 0 Å². The molecule has 0 saturated carbocycles. The predicted octanol–water partition coefficient (Wildman–Crippen LogP) is 3.65. The summed E-state index contributed by atoms with van der Waals surface area (Å²) in [5.41, 5.74) is 1.57. The molecule has 18 heavy (non-hydrogen) atoms. The molecule has 0 spiro atoms. The van der Waals surface area contributed by atoms with E-state index >= 15 is 0 Å². The van der Waals surface area contributed by atoms with Crippen molar-refractivity contribution in [1.82, 2.24) is 9.97 Å². The molecule has 0 saturated heterocycles. The Hall–Kier alpha value is -1.49. The van der Waals surface area contributed by atoms with Crippen LogP contribution in [0.15, 0.2) is 28.7 Å². The highest BCUT2D eigenvalue weighted by atomic mass is 79.9. The summed E-state index contributed by atoms with van der Waals surface area (Å²) in [6.45, 7) is 2.02. The number of aryl methyl sites for hydroxylation is 1. The Morgan fingerprint density at radius 1 is 1.33 bits per heavy atom. The zero-order valence-corrected chi connectivity index (χ0v) is 11.8. The summed E-state index contributed by atoms with van der Waals surface area (Å²) in [4.78, 5) is 8.82. The van der Waals surface area contributed by atoms with Gasteiger partial charge in [0, 0.05) is 12.6 Å². The lowest BCUT2D eigenvalue weighted by molar-refractivity contribution is 0.628. The zero-order valence-electron chi connectivity index (χ0n) is 10.2. The maximum Gasteiger partial charge on any atom is 0.161 e. The third-order valence-corrected chi connectivity index (χ3v) is 3.41. The van der Waals surface area contributed by atoms with Crippen LogP contribution in [0.5, 0.6) is 0 Å². The standard InChI is InChI=1S/C13H13BrFN3/c1-3-10-11(14)13(16-2)18-12(17-10)8-5-4-6-9(15)7-8/h4-7H,3H2,1-2H3,(H,16,17,18). The van der Waals surface area contributed by atoms with Gasteiger partial charge in [0.2, 0.25) is 0 Å². The molecule has 1 aromatic carbocycles. The number of nitrogens with zero attached hydrogens (tertiary/aromatic N) is 2.